The number of unbranched alkanes of at least 4 members (excludes halogenated alkanes) is 3. The minimum Gasteiger partial charge on any atom is -0.298 e. The van der Waals surface area contributed by atoms with Gasteiger partial charge in [-0.05, 0) is 24.7 Å². The van der Waals surface area contributed by atoms with Gasteiger partial charge in [-0.1, -0.05) is 71.0 Å². The van der Waals surface area contributed by atoms with E-state index in [2.05, 4.69) is 44.6 Å². The van der Waals surface area contributed by atoms with Gasteiger partial charge in [-0.3, -0.25) is 4.99 Å². The molecule has 0 radical (unpaired) electrons. The maximum atomic E-state index is 4.65. The summed E-state index contributed by atoms with van der Waals surface area (Å²) in [6.45, 7) is 11.9. The fraction of sp³-hybridized carbons (Fsp3) is 0.824. The number of hydrogen-bond acceptors (Lipinski definition) is 1. The van der Waals surface area contributed by atoms with Crippen LogP contribution in [0.5, 0.6) is 0 Å². The number of allylic oxidation sites excluding steroid dienone is 1. The zero-order valence-electron chi connectivity index (χ0n) is 13.6. The molecule has 0 unspecified atom stereocenters. The standard InChI is InChI=1S/C17H35NSi/c1-5-9-10-11-12-18-13-17-19(14-6-2,15-7-3)16-8-4/h6,13H,2,5,7-12,14-17H2,1,3-4H3. The maximum absolute atomic E-state index is 4.65. The van der Waals surface area contributed by atoms with E-state index >= 15 is 0 Å². The van der Waals surface area contributed by atoms with Crippen molar-refractivity contribution in [1.82, 2.24) is 0 Å². The van der Waals surface area contributed by atoms with Gasteiger partial charge in [0, 0.05) is 6.54 Å². The van der Waals surface area contributed by atoms with Crippen molar-refractivity contribution >= 4 is 14.3 Å². The quantitative estimate of drug-likeness (QED) is 0.168. The lowest BCUT2D eigenvalue weighted by Gasteiger charge is -2.28. The Morgan fingerprint density at radius 1 is 0.895 bits per heavy atom. The Morgan fingerprint density at radius 3 is 2.11 bits per heavy atom. The van der Waals surface area contributed by atoms with Crippen molar-refractivity contribution in [2.45, 2.75) is 83.5 Å². The summed E-state index contributed by atoms with van der Waals surface area (Å²) in [5, 5.41) is 0. The third-order valence-corrected chi connectivity index (χ3v) is 9.26. The predicted molar refractivity (Wildman–Crippen MR) is 93.3 cm³/mol. The van der Waals surface area contributed by atoms with Crippen molar-refractivity contribution in [1.29, 1.82) is 0 Å². The second kappa shape index (κ2) is 12.7. The molecule has 0 rings (SSSR count). The van der Waals surface area contributed by atoms with Crippen LogP contribution >= 0.6 is 0 Å². The Bertz CT molecular complexity index is 229. The number of aliphatic imine (C=N–C) groups is 1. The number of nitrogens with zero attached hydrogens (tertiary/aromatic N) is 1. The first-order chi connectivity index (χ1) is 9.24. The first-order valence-corrected chi connectivity index (χ1v) is 11.2. The molecule has 0 aromatic rings. The highest BCUT2D eigenvalue weighted by molar-refractivity contribution is 6.82. The second-order valence-electron chi connectivity index (χ2n) is 5.85. The van der Waals surface area contributed by atoms with Crippen LogP contribution in [0, 0.1) is 0 Å². The van der Waals surface area contributed by atoms with Crippen LogP contribution in [-0.2, 0) is 0 Å². The zero-order chi connectivity index (χ0) is 14.4. The predicted octanol–water partition coefficient (Wildman–Crippen LogP) is 6.09. The van der Waals surface area contributed by atoms with Gasteiger partial charge in [0.15, 0.2) is 0 Å². The van der Waals surface area contributed by atoms with Gasteiger partial charge >= 0.3 is 0 Å². The molecule has 112 valence electrons. The van der Waals surface area contributed by atoms with E-state index in [-0.39, 0.29) is 0 Å². The molecule has 0 aliphatic rings. The first-order valence-electron chi connectivity index (χ1n) is 8.33. The Balaban J connectivity index is 4.15. The fourth-order valence-electron chi connectivity index (χ4n) is 2.96. The molecule has 0 N–H and O–H groups in total. The normalized spacial score (nSPS) is 12.2. The third kappa shape index (κ3) is 9.20. The van der Waals surface area contributed by atoms with E-state index in [1.807, 2.05) is 0 Å². The minimum absolute atomic E-state index is 1.04. The summed E-state index contributed by atoms with van der Waals surface area (Å²) in [5.41, 5.74) is 0. The molecule has 0 aliphatic heterocycles. The highest BCUT2D eigenvalue weighted by Crippen LogP contribution is 2.28. The average molecular weight is 282 g/mol. The number of rotatable bonds is 13. The van der Waals surface area contributed by atoms with Gasteiger partial charge in [-0.2, -0.15) is 0 Å². The van der Waals surface area contributed by atoms with E-state index in [0.717, 1.165) is 6.54 Å². The summed E-state index contributed by atoms with van der Waals surface area (Å²) in [4.78, 5) is 4.65. The molecule has 0 saturated carbocycles. The lowest BCUT2D eigenvalue weighted by atomic mass is 10.2. The van der Waals surface area contributed by atoms with Gasteiger partial charge < -0.3 is 0 Å². The lowest BCUT2D eigenvalue weighted by Crippen LogP contribution is -2.33. The van der Waals surface area contributed by atoms with Crippen molar-refractivity contribution in [3.05, 3.63) is 12.7 Å². The molecule has 0 amide bonds. The molecular formula is C17H35NSi. The molecule has 0 aromatic carbocycles. The van der Waals surface area contributed by atoms with E-state index in [1.165, 1.54) is 62.7 Å². The molecule has 0 fully saturated rings. The molecule has 2 heteroatoms. The summed E-state index contributed by atoms with van der Waals surface area (Å²) in [5.74, 6) is 0. The fourth-order valence-corrected chi connectivity index (χ4v) is 7.45. The summed E-state index contributed by atoms with van der Waals surface area (Å²) in [6, 6.07) is 5.43. The summed E-state index contributed by atoms with van der Waals surface area (Å²) in [6.07, 6.45) is 12.3. The molecule has 0 atom stereocenters. The van der Waals surface area contributed by atoms with Crippen LogP contribution in [0.1, 0.15) is 59.3 Å². The molecule has 0 saturated heterocycles. The van der Waals surface area contributed by atoms with Crippen molar-refractivity contribution < 1.29 is 0 Å². The molecule has 1 nitrogen and oxygen atoms in total. The number of hydrogen-bond donors (Lipinski definition) is 0. The van der Waals surface area contributed by atoms with Gasteiger partial charge in [-0.15, -0.1) is 6.58 Å². The average Bonchev–Trinajstić information content (AvgIpc) is 2.39. The highest BCUT2D eigenvalue weighted by Gasteiger charge is 2.28. The van der Waals surface area contributed by atoms with Crippen LogP contribution in [0.4, 0.5) is 0 Å². The Labute approximate surface area is 122 Å². The van der Waals surface area contributed by atoms with Crippen LogP contribution in [0.15, 0.2) is 17.6 Å². The van der Waals surface area contributed by atoms with Crippen LogP contribution in [0.25, 0.3) is 0 Å². The topological polar surface area (TPSA) is 12.4 Å². The van der Waals surface area contributed by atoms with E-state index in [9.17, 15) is 0 Å². The molecule has 0 spiro atoms. The molecule has 0 heterocycles. The van der Waals surface area contributed by atoms with Crippen LogP contribution in [-0.4, -0.2) is 20.8 Å². The van der Waals surface area contributed by atoms with Gasteiger partial charge in [0.1, 0.15) is 0 Å². The van der Waals surface area contributed by atoms with Gasteiger partial charge in [-0.25, -0.2) is 0 Å². The van der Waals surface area contributed by atoms with Crippen LogP contribution < -0.4 is 0 Å². The monoisotopic (exact) mass is 281 g/mol. The lowest BCUT2D eigenvalue weighted by molar-refractivity contribution is 0.675. The largest absolute Gasteiger partial charge is 0.298 e. The smallest absolute Gasteiger partial charge is 0.0626 e. The maximum Gasteiger partial charge on any atom is 0.0626 e. The third-order valence-electron chi connectivity index (χ3n) is 3.93. The Morgan fingerprint density at radius 2 is 1.58 bits per heavy atom. The van der Waals surface area contributed by atoms with Crippen molar-refractivity contribution in [2.24, 2.45) is 4.99 Å². The summed E-state index contributed by atoms with van der Waals surface area (Å²) in [7, 11) is -1.14. The van der Waals surface area contributed by atoms with Gasteiger partial charge in [0.25, 0.3) is 0 Å². The van der Waals surface area contributed by atoms with Crippen molar-refractivity contribution in [3.8, 4) is 0 Å². The van der Waals surface area contributed by atoms with E-state index < -0.39 is 8.07 Å². The molecule has 0 bridgehead atoms. The SMILES string of the molecule is C=CC[Si](CC=NCCCCCC)(CCC)CCC. The second-order valence-corrected chi connectivity index (χ2v) is 10.7. The van der Waals surface area contributed by atoms with Gasteiger partial charge in [0.2, 0.25) is 0 Å². The van der Waals surface area contributed by atoms with E-state index in [0.29, 0.717) is 0 Å². The molecule has 0 aromatic heterocycles. The van der Waals surface area contributed by atoms with E-state index in [4.69, 9.17) is 0 Å². The summed E-state index contributed by atoms with van der Waals surface area (Å²) >= 11 is 0. The highest BCUT2D eigenvalue weighted by atomic mass is 28.3. The molecule has 0 aliphatic carbocycles. The molecular weight excluding hydrogens is 246 g/mol. The van der Waals surface area contributed by atoms with Crippen LogP contribution in [0.2, 0.25) is 24.2 Å². The van der Waals surface area contributed by atoms with Gasteiger partial charge in [0.05, 0.1) is 8.07 Å². The van der Waals surface area contributed by atoms with Crippen molar-refractivity contribution in [2.75, 3.05) is 6.54 Å². The minimum atomic E-state index is -1.14. The Kier molecular flexibility index (Phi) is 12.4. The van der Waals surface area contributed by atoms with E-state index in [1.54, 1.807) is 0 Å². The van der Waals surface area contributed by atoms with Crippen molar-refractivity contribution in [3.63, 3.8) is 0 Å². The Hall–Kier alpha value is -0.373. The summed E-state index contributed by atoms with van der Waals surface area (Å²) < 4.78 is 0. The zero-order valence-corrected chi connectivity index (χ0v) is 14.6. The first kappa shape index (κ1) is 18.6. The molecule has 19 heavy (non-hydrogen) atoms. The van der Waals surface area contributed by atoms with Crippen LogP contribution in [0.3, 0.4) is 0 Å².